The zero-order valence-electron chi connectivity index (χ0n) is 15.6. The largest absolute Gasteiger partial charge is 0.486 e. The van der Waals surface area contributed by atoms with Crippen LogP contribution in [0, 0.1) is 0 Å². The number of aromatic nitrogens is 1. The maximum Gasteiger partial charge on any atom is 0.341 e. The van der Waals surface area contributed by atoms with E-state index in [1.54, 1.807) is 24.4 Å². The van der Waals surface area contributed by atoms with Gasteiger partial charge >= 0.3 is 5.97 Å². The molecule has 1 aliphatic heterocycles. The number of aryl methyl sites for hydroxylation is 1. The van der Waals surface area contributed by atoms with Crippen LogP contribution in [0.5, 0.6) is 11.5 Å². The number of benzene rings is 2. The number of hydrogen-bond acceptors (Lipinski definition) is 5. The monoisotopic (exact) mass is 380 g/mol. The molecule has 7 heteroatoms. The van der Waals surface area contributed by atoms with E-state index in [0.29, 0.717) is 36.0 Å². The van der Waals surface area contributed by atoms with Crippen molar-refractivity contribution in [1.82, 2.24) is 4.57 Å². The van der Waals surface area contributed by atoms with Crippen LogP contribution in [-0.4, -0.2) is 35.8 Å². The molecular formula is C21H20N2O5. The highest BCUT2D eigenvalue weighted by atomic mass is 16.6. The summed E-state index contributed by atoms with van der Waals surface area (Å²) in [5, 5.41) is 3.52. The van der Waals surface area contributed by atoms with E-state index >= 15 is 0 Å². The van der Waals surface area contributed by atoms with Crippen LogP contribution >= 0.6 is 0 Å². The lowest BCUT2D eigenvalue weighted by atomic mass is 10.2. The maximum atomic E-state index is 12.6. The van der Waals surface area contributed by atoms with Crippen LogP contribution in [-0.2, 0) is 16.6 Å². The smallest absolute Gasteiger partial charge is 0.341 e. The standard InChI is InChI=1S/C21H20N2O5/c1-13(20(24)22-14-7-8-18-19(11-14)27-10-9-26-18)28-21(25)16-12-23(2)17-6-4-3-5-15(16)17/h3-8,11-13H,9-10H2,1-2H3,(H,22,24)/t13-/m0/s1. The van der Waals surface area contributed by atoms with Crippen LogP contribution in [0.3, 0.4) is 0 Å². The van der Waals surface area contributed by atoms with Crippen molar-refractivity contribution in [3.05, 3.63) is 54.2 Å². The molecule has 1 N–H and O–H groups in total. The highest BCUT2D eigenvalue weighted by Crippen LogP contribution is 2.32. The number of carbonyl (C=O) groups is 2. The van der Waals surface area contributed by atoms with Gasteiger partial charge in [-0.15, -0.1) is 0 Å². The number of fused-ring (bicyclic) bond motifs is 2. The molecule has 0 fully saturated rings. The number of ether oxygens (including phenoxy) is 3. The van der Waals surface area contributed by atoms with Crippen LogP contribution in [0.1, 0.15) is 17.3 Å². The molecule has 1 aliphatic rings. The fourth-order valence-electron chi connectivity index (χ4n) is 3.15. The minimum absolute atomic E-state index is 0.426. The van der Waals surface area contributed by atoms with Crippen molar-refractivity contribution in [3.8, 4) is 11.5 Å². The first-order valence-electron chi connectivity index (χ1n) is 8.98. The molecule has 2 aromatic carbocycles. The molecule has 1 amide bonds. The van der Waals surface area contributed by atoms with Gasteiger partial charge in [0.2, 0.25) is 0 Å². The van der Waals surface area contributed by atoms with E-state index < -0.39 is 18.0 Å². The molecule has 3 aromatic rings. The van der Waals surface area contributed by atoms with E-state index in [0.717, 1.165) is 10.9 Å². The van der Waals surface area contributed by atoms with Gasteiger partial charge in [-0.1, -0.05) is 18.2 Å². The Bertz CT molecular complexity index is 1060. The summed E-state index contributed by atoms with van der Waals surface area (Å²) in [7, 11) is 1.86. The predicted octanol–water partition coefficient (Wildman–Crippen LogP) is 3.13. The van der Waals surface area contributed by atoms with E-state index in [-0.39, 0.29) is 0 Å². The van der Waals surface area contributed by atoms with Gasteiger partial charge in [0.1, 0.15) is 13.2 Å². The van der Waals surface area contributed by atoms with Gasteiger partial charge in [-0.3, -0.25) is 4.79 Å². The summed E-state index contributed by atoms with van der Waals surface area (Å²) in [6.07, 6.45) is 0.748. The number of esters is 1. The number of para-hydroxylation sites is 1. The van der Waals surface area contributed by atoms with E-state index in [4.69, 9.17) is 14.2 Å². The summed E-state index contributed by atoms with van der Waals surface area (Å²) in [5.41, 5.74) is 1.89. The summed E-state index contributed by atoms with van der Waals surface area (Å²) in [4.78, 5) is 25.0. The van der Waals surface area contributed by atoms with E-state index in [2.05, 4.69) is 5.32 Å². The molecule has 0 aliphatic carbocycles. The Labute approximate surface area is 161 Å². The van der Waals surface area contributed by atoms with Crippen molar-refractivity contribution >= 4 is 28.5 Å². The molecular weight excluding hydrogens is 360 g/mol. The Morgan fingerprint density at radius 2 is 1.86 bits per heavy atom. The quantitative estimate of drug-likeness (QED) is 0.704. The van der Waals surface area contributed by atoms with Gasteiger partial charge in [-0.25, -0.2) is 4.79 Å². The highest BCUT2D eigenvalue weighted by Gasteiger charge is 2.22. The van der Waals surface area contributed by atoms with Crippen molar-refractivity contribution in [3.63, 3.8) is 0 Å². The van der Waals surface area contributed by atoms with Crippen LogP contribution in [0.15, 0.2) is 48.7 Å². The molecule has 0 unspecified atom stereocenters. The topological polar surface area (TPSA) is 78.8 Å². The Morgan fingerprint density at radius 1 is 1.11 bits per heavy atom. The number of rotatable bonds is 4. The number of hydrogen-bond donors (Lipinski definition) is 1. The van der Waals surface area contributed by atoms with Gasteiger partial charge in [0.05, 0.1) is 5.56 Å². The number of nitrogens with one attached hydrogen (secondary N) is 1. The van der Waals surface area contributed by atoms with Gasteiger partial charge in [0.25, 0.3) is 5.91 Å². The third-order valence-corrected chi connectivity index (χ3v) is 4.58. The molecule has 144 valence electrons. The van der Waals surface area contributed by atoms with Gasteiger partial charge in [-0.05, 0) is 25.1 Å². The lowest BCUT2D eigenvalue weighted by Gasteiger charge is -2.19. The molecule has 28 heavy (non-hydrogen) atoms. The second kappa shape index (κ2) is 7.26. The first-order valence-corrected chi connectivity index (χ1v) is 8.98. The fourth-order valence-corrected chi connectivity index (χ4v) is 3.15. The number of amides is 1. The van der Waals surface area contributed by atoms with Gasteiger partial charge < -0.3 is 24.1 Å². The average Bonchev–Trinajstić information content (AvgIpc) is 3.05. The van der Waals surface area contributed by atoms with E-state index in [1.807, 2.05) is 35.9 Å². The Hall–Kier alpha value is -3.48. The van der Waals surface area contributed by atoms with Crippen LogP contribution in [0.4, 0.5) is 5.69 Å². The molecule has 0 bridgehead atoms. The first-order chi connectivity index (χ1) is 13.5. The first kappa shape index (κ1) is 17.9. The third kappa shape index (κ3) is 3.38. The lowest BCUT2D eigenvalue weighted by molar-refractivity contribution is -0.123. The van der Waals surface area contributed by atoms with Crippen molar-refractivity contribution in [2.24, 2.45) is 7.05 Å². The minimum atomic E-state index is -0.959. The zero-order chi connectivity index (χ0) is 19.7. The molecule has 0 saturated carbocycles. The van der Waals surface area contributed by atoms with Crippen molar-refractivity contribution in [1.29, 1.82) is 0 Å². The van der Waals surface area contributed by atoms with Crippen LogP contribution in [0.25, 0.3) is 10.9 Å². The molecule has 0 radical (unpaired) electrons. The average molecular weight is 380 g/mol. The van der Waals surface area contributed by atoms with Crippen LogP contribution < -0.4 is 14.8 Å². The zero-order valence-corrected chi connectivity index (χ0v) is 15.6. The molecule has 0 spiro atoms. The summed E-state index contributed by atoms with van der Waals surface area (Å²) in [5.74, 6) is 0.246. The van der Waals surface area contributed by atoms with Crippen LogP contribution in [0.2, 0.25) is 0 Å². The normalized spacial score (nSPS) is 13.8. The fraction of sp³-hybridized carbons (Fsp3) is 0.238. The molecule has 0 saturated heterocycles. The van der Waals surface area contributed by atoms with E-state index in [1.165, 1.54) is 6.92 Å². The van der Waals surface area contributed by atoms with Gasteiger partial charge in [0, 0.05) is 35.9 Å². The Kier molecular flexibility index (Phi) is 4.65. The Morgan fingerprint density at radius 3 is 2.68 bits per heavy atom. The van der Waals surface area contributed by atoms with Crippen molar-refractivity contribution < 1.29 is 23.8 Å². The van der Waals surface area contributed by atoms with Crippen molar-refractivity contribution in [2.75, 3.05) is 18.5 Å². The summed E-state index contributed by atoms with van der Waals surface area (Å²) >= 11 is 0. The maximum absolute atomic E-state index is 12.6. The van der Waals surface area contributed by atoms with Gasteiger partial charge in [0.15, 0.2) is 17.6 Å². The second-order valence-electron chi connectivity index (χ2n) is 6.57. The molecule has 1 atom stereocenters. The molecule has 2 heterocycles. The molecule has 4 rings (SSSR count). The predicted molar refractivity (Wildman–Crippen MR) is 104 cm³/mol. The summed E-state index contributed by atoms with van der Waals surface area (Å²) in [6, 6.07) is 12.7. The van der Waals surface area contributed by atoms with Crippen molar-refractivity contribution in [2.45, 2.75) is 13.0 Å². The van der Waals surface area contributed by atoms with E-state index in [9.17, 15) is 9.59 Å². The number of nitrogens with zero attached hydrogens (tertiary/aromatic N) is 1. The molecule has 1 aromatic heterocycles. The summed E-state index contributed by atoms with van der Waals surface area (Å²) in [6.45, 7) is 2.50. The third-order valence-electron chi connectivity index (χ3n) is 4.58. The molecule has 7 nitrogen and oxygen atoms in total. The highest BCUT2D eigenvalue weighted by molar-refractivity contribution is 6.05. The SMILES string of the molecule is C[C@H](OC(=O)c1cn(C)c2ccccc12)C(=O)Nc1ccc2c(c1)OCCO2. The minimum Gasteiger partial charge on any atom is -0.486 e. The number of carbonyl (C=O) groups excluding carboxylic acids is 2. The summed E-state index contributed by atoms with van der Waals surface area (Å²) < 4.78 is 18.2. The second-order valence-corrected chi connectivity index (χ2v) is 6.57. The number of anilines is 1. The Balaban J connectivity index is 1.45. The van der Waals surface area contributed by atoms with Gasteiger partial charge in [-0.2, -0.15) is 0 Å². The lowest BCUT2D eigenvalue weighted by Crippen LogP contribution is -2.30.